The van der Waals surface area contributed by atoms with Crippen LogP contribution < -0.4 is 9.62 Å². The lowest BCUT2D eigenvalue weighted by Crippen LogP contribution is -2.55. The van der Waals surface area contributed by atoms with E-state index in [4.69, 9.17) is 46.4 Å². The topological polar surface area (TPSA) is 86.8 Å². The molecular formula is C37H37Cl4N3O4S. The molecule has 0 spiro atoms. The maximum absolute atomic E-state index is 14.7. The molecule has 7 nitrogen and oxygen atoms in total. The van der Waals surface area contributed by atoms with Crippen molar-refractivity contribution in [1.82, 2.24) is 10.2 Å². The Balaban J connectivity index is 1.59. The van der Waals surface area contributed by atoms with Gasteiger partial charge in [0.25, 0.3) is 10.0 Å². The van der Waals surface area contributed by atoms with E-state index in [1.54, 1.807) is 30.3 Å². The van der Waals surface area contributed by atoms with Crippen molar-refractivity contribution < 1.29 is 18.0 Å². The first kappa shape index (κ1) is 37.0. The molecule has 1 aliphatic rings. The van der Waals surface area contributed by atoms with E-state index in [9.17, 15) is 18.0 Å². The highest BCUT2D eigenvalue weighted by molar-refractivity contribution is 7.92. The Bertz CT molecular complexity index is 1890. The van der Waals surface area contributed by atoms with Crippen molar-refractivity contribution >= 4 is 73.9 Å². The van der Waals surface area contributed by atoms with E-state index in [1.165, 1.54) is 35.2 Å². The molecule has 1 atom stereocenters. The van der Waals surface area contributed by atoms with Crippen LogP contribution >= 0.6 is 46.4 Å². The van der Waals surface area contributed by atoms with Gasteiger partial charge < -0.3 is 10.2 Å². The lowest BCUT2D eigenvalue weighted by molar-refractivity contribution is -0.140. The van der Waals surface area contributed by atoms with Crippen molar-refractivity contribution in [1.29, 1.82) is 0 Å². The number of benzene rings is 4. The second kappa shape index (κ2) is 16.6. The van der Waals surface area contributed by atoms with Crippen molar-refractivity contribution in [3.63, 3.8) is 0 Å². The Labute approximate surface area is 308 Å². The fourth-order valence-corrected chi connectivity index (χ4v) is 8.10. The van der Waals surface area contributed by atoms with Crippen LogP contribution in [0, 0.1) is 6.92 Å². The molecule has 12 heteroatoms. The maximum atomic E-state index is 14.7. The SMILES string of the molecule is Cc1ccc(S(=O)(=O)N(CC(=O)N(Cc2ccc(Cl)cc2Cl)[C@H](Cc2ccccc2)C(=O)NC2CCCCC2)c2ccc(Cl)c(Cl)c2)cc1. The van der Waals surface area contributed by atoms with Gasteiger partial charge in [-0.3, -0.25) is 13.9 Å². The minimum atomic E-state index is -4.30. The van der Waals surface area contributed by atoms with Crippen LogP contribution in [0.2, 0.25) is 20.1 Å². The van der Waals surface area contributed by atoms with Crippen LogP contribution in [0.1, 0.15) is 48.8 Å². The van der Waals surface area contributed by atoms with Gasteiger partial charge in [0.15, 0.2) is 0 Å². The standard InChI is InChI=1S/C37H37Cl4N3O4S/c1-25-12-17-31(18-13-25)49(47,48)44(30-16-19-32(39)34(41)22-30)24-36(45)43(23-27-14-15-28(38)21-33(27)40)35(20-26-8-4-2-5-9-26)37(46)42-29-10-6-3-7-11-29/h2,4-5,8-9,12-19,21-22,29,35H,3,6-7,10-11,20,23-24H2,1H3,(H,42,46)/t35-/m1/s1. The molecule has 1 aliphatic carbocycles. The molecule has 1 saturated carbocycles. The van der Waals surface area contributed by atoms with E-state index >= 15 is 0 Å². The number of aryl methyl sites for hydroxylation is 1. The quantitative estimate of drug-likeness (QED) is 0.156. The summed E-state index contributed by atoms with van der Waals surface area (Å²) in [4.78, 5) is 30.4. The number of carbonyl (C=O) groups is 2. The van der Waals surface area contributed by atoms with Crippen LogP contribution in [-0.4, -0.2) is 43.8 Å². The van der Waals surface area contributed by atoms with E-state index in [0.717, 1.165) is 47.5 Å². The van der Waals surface area contributed by atoms with Gasteiger partial charge in [-0.1, -0.05) is 120 Å². The predicted octanol–water partition coefficient (Wildman–Crippen LogP) is 8.89. The van der Waals surface area contributed by atoms with E-state index in [1.807, 2.05) is 37.3 Å². The third-order valence-electron chi connectivity index (χ3n) is 8.66. The number of nitrogens with one attached hydrogen (secondary N) is 1. The number of halogens is 4. The highest BCUT2D eigenvalue weighted by Gasteiger charge is 2.36. The number of carbonyl (C=O) groups excluding carboxylic acids is 2. The van der Waals surface area contributed by atoms with E-state index < -0.39 is 28.5 Å². The summed E-state index contributed by atoms with van der Waals surface area (Å²) in [6.07, 6.45) is 5.01. The third-order valence-corrected chi connectivity index (χ3v) is 11.8. The molecule has 49 heavy (non-hydrogen) atoms. The van der Waals surface area contributed by atoms with Gasteiger partial charge in [-0.2, -0.15) is 0 Å². The van der Waals surface area contributed by atoms with Gasteiger partial charge in [0.1, 0.15) is 12.6 Å². The Morgan fingerprint density at radius 2 is 1.51 bits per heavy atom. The van der Waals surface area contributed by atoms with Gasteiger partial charge in [0.05, 0.1) is 20.6 Å². The monoisotopic (exact) mass is 759 g/mol. The maximum Gasteiger partial charge on any atom is 0.264 e. The number of hydrogen-bond acceptors (Lipinski definition) is 4. The van der Waals surface area contributed by atoms with Crippen molar-refractivity contribution in [3.05, 3.63) is 128 Å². The first-order valence-electron chi connectivity index (χ1n) is 16.0. The summed E-state index contributed by atoms with van der Waals surface area (Å²) < 4.78 is 29.5. The number of amides is 2. The molecule has 5 rings (SSSR count). The smallest absolute Gasteiger partial charge is 0.264 e. The lowest BCUT2D eigenvalue weighted by Gasteiger charge is -2.35. The third kappa shape index (κ3) is 9.50. The molecule has 2 amide bonds. The Morgan fingerprint density at radius 1 is 0.816 bits per heavy atom. The van der Waals surface area contributed by atoms with Gasteiger partial charge in [-0.05, 0) is 73.4 Å². The summed E-state index contributed by atoms with van der Waals surface area (Å²) in [5.41, 5.74) is 2.39. The molecule has 0 aliphatic heterocycles. The number of sulfonamides is 1. The number of hydrogen-bond donors (Lipinski definition) is 1. The van der Waals surface area contributed by atoms with Gasteiger partial charge in [-0.25, -0.2) is 8.42 Å². The van der Waals surface area contributed by atoms with Crippen molar-refractivity contribution in [2.45, 2.75) is 69.0 Å². The zero-order valence-corrected chi connectivity index (χ0v) is 30.8. The molecule has 4 aromatic rings. The van der Waals surface area contributed by atoms with Crippen molar-refractivity contribution in [2.75, 3.05) is 10.8 Å². The van der Waals surface area contributed by atoms with E-state index in [0.29, 0.717) is 15.6 Å². The first-order valence-corrected chi connectivity index (χ1v) is 19.0. The normalized spacial score (nSPS) is 14.2. The molecule has 1 fully saturated rings. The molecule has 0 aromatic heterocycles. The summed E-state index contributed by atoms with van der Waals surface area (Å²) in [7, 11) is -4.30. The molecule has 0 heterocycles. The Kier molecular flexibility index (Phi) is 12.6. The molecule has 1 N–H and O–H groups in total. The van der Waals surface area contributed by atoms with Crippen LogP contribution in [0.5, 0.6) is 0 Å². The summed E-state index contributed by atoms with van der Waals surface area (Å²) in [6, 6.07) is 24.0. The molecule has 258 valence electrons. The van der Waals surface area contributed by atoms with Crippen LogP contribution in [-0.2, 0) is 32.6 Å². The zero-order chi connectivity index (χ0) is 35.1. The largest absolute Gasteiger partial charge is 0.352 e. The highest BCUT2D eigenvalue weighted by atomic mass is 35.5. The number of rotatable bonds is 12. The van der Waals surface area contributed by atoms with Crippen LogP contribution in [0.25, 0.3) is 0 Å². The molecule has 0 bridgehead atoms. The van der Waals surface area contributed by atoms with Gasteiger partial charge in [0, 0.05) is 29.1 Å². The Morgan fingerprint density at radius 3 is 2.16 bits per heavy atom. The average molecular weight is 762 g/mol. The van der Waals surface area contributed by atoms with Crippen molar-refractivity contribution in [3.8, 4) is 0 Å². The molecule has 0 saturated heterocycles. The first-order chi connectivity index (χ1) is 23.4. The van der Waals surface area contributed by atoms with Gasteiger partial charge in [0.2, 0.25) is 11.8 Å². The second-order valence-corrected chi connectivity index (χ2v) is 15.7. The van der Waals surface area contributed by atoms with E-state index in [-0.39, 0.29) is 45.5 Å². The second-order valence-electron chi connectivity index (χ2n) is 12.2. The predicted molar refractivity (Wildman–Crippen MR) is 198 cm³/mol. The van der Waals surface area contributed by atoms with Gasteiger partial charge in [-0.15, -0.1) is 0 Å². The van der Waals surface area contributed by atoms with Crippen LogP contribution in [0.4, 0.5) is 5.69 Å². The summed E-state index contributed by atoms with van der Waals surface area (Å²) >= 11 is 25.4. The lowest BCUT2D eigenvalue weighted by atomic mass is 9.94. The summed E-state index contributed by atoms with van der Waals surface area (Å²) in [5.74, 6) is -0.941. The Hall–Kier alpha value is -3.27. The molecule has 4 aromatic carbocycles. The van der Waals surface area contributed by atoms with Gasteiger partial charge >= 0.3 is 0 Å². The molecular weight excluding hydrogens is 724 g/mol. The van der Waals surface area contributed by atoms with Crippen molar-refractivity contribution in [2.24, 2.45) is 0 Å². The fourth-order valence-electron chi connectivity index (χ4n) is 5.94. The zero-order valence-electron chi connectivity index (χ0n) is 26.9. The number of anilines is 1. The molecule has 0 unspecified atom stereocenters. The van der Waals surface area contributed by atoms with Crippen LogP contribution in [0.3, 0.4) is 0 Å². The fraction of sp³-hybridized carbons (Fsp3) is 0.297. The van der Waals surface area contributed by atoms with Crippen LogP contribution in [0.15, 0.2) is 95.9 Å². The average Bonchev–Trinajstić information content (AvgIpc) is 3.08. The number of nitrogens with zero attached hydrogens (tertiary/aromatic N) is 2. The minimum Gasteiger partial charge on any atom is -0.352 e. The molecule has 0 radical (unpaired) electrons. The minimum absolute atomic E-state index is 0.0138. The highest BCUT2D eigenvalue weighted by Crippen LogP contribution is 2.32. The summed E-state index contributed by atoms with van der Waals surface area (Å²) in [5, 5.41) is 4.27. The summed E-state index contributed by atoms with van der Waals surface area (Å²) in [6.45, 7) is 1.13. The van der Waals surface area contributed by atoms with E-state index in [2.05, 4.69) is 5.32 Å².